The third kappa shape index (κ3) is 3.28. The van der Waals surface area contributed by atoms with Crippen molar-refractivity contribution in [1.29, 1.82) is 0 Å². The van der Waals surface area contributed by atoms with E-state index in [2.05, 4.69) is 0 Å². The molecular formula is C17H18N2OS. The zero-order chi connectivity index (χ0) is 15.4. The van der Waals surface area contributed by atoms with Crippen LogP contribution in [0.3, 0.4) is 0 Å². The number of nitrogens with two attached hydrogens (primary N) is 1. The van der Waals surface area contributed by atoms with Gasteiger partial charge in [0.1, 0.15) is 4.99 Å². The Balaban J connectivity index is 2.35. The first-order chi connectivity index (χ1) is 10.0. The maximum absolute atomic E-state index is 12.7. The van der Waals surface area contributed by atoms with E-state index in [4.69, 9.17) is 18.0 Å². The van der Waals surface area contributed by atoms with Crippen LogP contribution < -0.4 is 10.6 Å². The van der Waals surface area contributed by atoms with E-state index >= 15 is 0 Å². The Morgan fingerprint density at radius 2 is 1.90 bits per heavy atom. The highest BCUT2D eigenvalue weighted by Crippen LogP contribution is 2.19. The van der Waals surface area contributed by atoms with Gasteiger partial charge in [0.25, 0.3) is 5.91 Å². The number of rotatable bonds is 4. The van der Waals surface area contributed by atoms with Crippen LogP contribution in [-0.2, 0) is 6.42 Å². The van der Waals surface area contributed by atoms with Gasteiger partial charge in [-0.3, -0.25) is 4.79 Å². The molecule has 0 radical (unpaired) electrons. The van der Waals surface area contributed by atoms with Gasteiger partial charge < -0.3 is 10.6 Å². The highest BCUT2D eigenvalue weighted by Gasteiger charge is 2.16. The summed E-state index contributed by atoms with van der Waals surface area (Å²) < 4.78 is 0. The van der Waals surface area contributed by atoms with Crippen molar-refractivity contribution in [2.75, 3.05) is 11.9 Å². The molecule has 4 heteroatoms. The molecule has 0 saturated heterocycles. The van der Waals surface area contributed by atoms with Crippen LogP contribution in [0.1, 0.15) is 28.4 Å². The number of carbonyl (C=O) groups excluding carboxylic acids is 1. The largest absolute Gasteiger partial charge is 0.389 e. The third-order valence-electron chi connectivity index (χ3n) is 3.45. The van der Waals surface area contributed by atoms with E-state index < -0.39 is 0 Å². The Morgan fingerprint density at radius 1 is 1.19 bits per heavy atom. The molecule has 0 bridgehead atoms. The Kier molecular flexibility index (Phi) is 4.70. The van der Waals surface area contributed by atoms with E-state index in [1.54, 1.807) is 11.9 Å². The molecule has 108 valence electrons. The highest BCUT2D eigenvalue weighted by atomic mass is 32.1. The van der Waals surface area contributed by atoms with E-state index in [0.29, 0.717) is 4.99 Å². The minimum Gasteiger partial charge on any atom is -0.389 e. The van der Waals surface area contributed by atoms with E-state index in [1.807, 2.05) is 55.5 Å². The Hall–Kier alpha value is -2.20. The summed E-state index contributed by atoms with van der Waals surface area (Å²) in [5.41, 5.74) is 8.94. The molecule has 0 aliphatic carbocycles. The Bertz CT molecular complexity index is 682. The van der Waals surface area contributed by atoms with Crippen molar-refractivity contribution >= 4 is 28.8 Å². The quantitative estimate of drug-likeness (QED) is 0.882. The minimum absolute atomic E-state index is 0.0347. The number of hydrogen-bond donors (Lipinski definition) is 1. The highest BCUT2D eigenvalue weighted by molar-refractivity contribution is 7.80. The number of thiocarbonyl (C=S) groups is 1. The first kappa shape index (κ1) is 15.2. The normalized spacial score (nSPS) is 10.2. The van der Waals surface area contributed by atoms with Gasteiger partial charge in [0.05, 0.1) is 0 Å². The molecule has 0 unspecified atom stereocenters. The molecule has 0 saturated carbocycles. The van der Waals surface area contributed by atoms with Crippen LogP contribution in [0.15, 0.2) is 48.5 Å². The topological polar surface area (TPSA) is 46.3 Å². The first-order valence-corrected chi connectivity index (χ1v) is 7.21. The van der Waals surface area contributed by atoms with Crippen LogP contribution in [0.25, 0.3) is 0 Å². The Labute approximate surface area is 130 Å². The predicted molar refractivity (Wildman–Crippen MR) is 90.9 cm³/mol. The second-order valence-electron chi connectivity index (χ2n) is 4.79. The summed E-state index contributed by atoms with van der Waals surface area (Å²) >= 11 is 4.98. The van der Waals surface area contributed by atoms with Gasteiger partial charge in [0.15, 0.2) is 0 Å². The lowest BCUT2D eigenvalue weighted by atomic mass is 10.0. The molecule has 0 fully saturated rings. The second-order valence-corrected chi connectivity index (χ2v) is 5.23. The van der Waals surface area contributed by atoms with Crippen molar-refractivity contribution in [1.82, 2.24) is 0 Å². The number of hydrogen-bond acceptors (Lipinski definition) is 2. The smallest absolute Gasteiger partial charge is 0.258 e. The molecule has 2 rings (SSSR count). The van der Waals surface area contributed by atoms with Crippen LogP contribution in [-0.4, -0.2) is 17.9 Å². The molecule has 0 aliphatic heterocycles. The van der Waals surface area contributed by atoms with Crippen molar-refractivity contribution < 1.29 is 4.79 Å². The van der Waals surface area contributed by atoms with Crippen molar-refractivity contribution in [3.05, 3.63) is 65.2 Å². The summed E-state index contributed by atoms with van der Waals surface area (Å²) in [6, 6.07) is 15.0. The zero-order valence-corrected chi connectivity index (χ0v) is 13.0. The number of amides is 1. The fourth-order valence-electron chi connectivity index (χ4n) is 2.20. The number of carbonyl (C=O) groups is 1. The first-order valence-electron chi connectivity index (χ1n) is 6.80. The van der Waals surface area contributed by atoms with Crippen molar-refractivity contribution in [3.8, 4) is 0 Å². The van der Waals surface area contributed by atoms with Gasteiger partial charge in [-0.05, 0) is 30.2 Å². The lowest BCUT2D eigenvalue weighted by molar-refractivity contribution is 0.0992. The molecule has 2 aromatic rings. The zero-order valence-electron chi connectivity index (χ0n) is 12.2. The lowest BCUT2D eigenvalue weighted by Gasteiger charge is -2.19. The van der Waals surface area contributed by atoms with E-state index in [0.717, 1.165) is 28.8 Å². The average molecular weight is 298 g/mol. The van der Waals surface area contributed by atoms with Crippen molar-refractivity contribution in [3.63, 3.8) is 0 Å². The SMILES string of the molecule is CCc1ccccc1C(=O)N(C)c1cccc(C(N)=S)c1. The van der Waals surface area contributed by atoms with Crippen molar-refractivity contribution in [2.45, 2.75) is 13.3 Å². The molecule has 21 heavy (non-hydrogen) atoms. The van der Waals surface area contributed by atoms with Gasteiger partial charge in [0.2, 0.25) is 0 Å². The molecule has 0 spiro atoms. The van der Waals surface area contributed by atoms with E-state index in [-0.39, 0.29) is 5.91 Å². The summed E-state index contributed by atoms with van der Waals surface area (Å²) in [6.07, 6.45) is 0.822. The molecule has 2 N–H and O–H groups in total. The molecule has 2 aromatic carbocycles. The number of aryl methyl sites for hydroxylation is 1. The standard InChI is InChI=1S/C17H18N2OS/c1-3-12-7-4-5-10-15(12)17(20)19(2)14-9-6-8-13(11-14)16(18)21/h4-11H,3H2,1-2H3,(H2,18,21). The van der Waals surface area contributed by atoms with Crippen LogP contribution in [0.5, 0.6) is 0 Å². The van der Waals surface area contributed by atoms with Gasteiger partial charge in [-0.2, -0.15) is 0 Å². The van der Waals surface area contributed by atoms with Crippen LogP contribution in [0.4, 0.5) is 5.69 Å². The summed E-state index contributed by atoms with van der Waals surface area (Å²) in [5.74, 6) is -0.0347. The summed E-state index contributed by atoms with van der Waals surface area (Å²) in [5, 5.41) is 0. The molecule has 1 amide bonds. The molecular weight excluding hydrogens is 280 g/mol. The number of nitrogens with zero attached hydrogens (tertiary/aromatic N) is 1. The summed E-state index contributed by atoms with van der Waals surface area (Å²) in [7, 11) is 1.76. The van der Waals surface area contributed by atoms with Gasteiger partial charge in [-0.25, -0.2) is 0 Å². The molecule has 0 atom stereocenters. The fourth-order valence-corrected chi connectivity index (χ4v) is 2.33. The minimum atomic E-state index is -0.0347. The summed E-state index contributed by atoms with van der Waals surface area (Å²) in [4.78, 5) is 14.6. The van der Waals surface area contributed by atoms with Crippen molar-refractivity contribution in [2.24, 2.45) is 5.73 Å². The third-order valence-corrected chi connectivity index (χ3v) is 3.69. The van der Waals surface area contributed by atoms with Crippen LogP contribution in [0, 0.1) is 0 Å². The average Bonchev–Trinajstić information content (AvgIpc) is 2.53. The lowest BCUT2D eigenvalue weighted by Crippen LogP contribution is -2.27. The maximum Gasteiger partial charge on any atom is 0.258 e. The summed E-state index contributed by atoms with van der Waals surface area (Å²) in [6.45, 7) is 2.04. The predicted octanol–water partition coefficient (Wildman–Crippen LogP) is 3.16. The molecule has 0 aliphatic rings. The molecule has 0 heterocycles. The van der Waals surface area contributed by atoms with Crippen LogP contribution >= 0.6 is 12.2 Å². The van der Waals surface area contributed by atoms with Gasteiger partial charge in [-0.1, -0.05) is 49.5 Å². The van der Waals surface area contributed by atoms with Gasteiger partial charge >= 0.3 is 0 Å². The second kappa shape index (κ2) is 6.50. The number of benzene rings is 2. The van der Waals surface area contributed by atoms with E-state index in [1.165, 1.54) is 0 Å². The maximum atomic E-state index is 12.7. The Morgan fingerprint density at radius 3 is 2.57 bits per heavy atom. The molecule has 0 aromatic heterocycles. The molecule has 3 nitrogen and oxygen atoms in total. The fraction of sp³-hybridized carbons (Fsp3) is 0.176. The van der Waals surface area contributed by atoms with Gasteiger partial charge in [0, 0.05) is 23.9 Å². The monoisotopic (exact) mass is 298 g/mol. The van der Waals surface area contributed by atoms with E-state index in [9.17, 15) is 4.79 Å². The van der Waals surface area contributed by atoms with Gasteiger partial charge in [-0.15, -0.1) is 0 Å². The van der Waals surface area contributed by atoms with Crippen LogP contribution in [0.2, 0.25) is 0 Å². The number of anilines is 1.